The minimum absolute atomic E-state index is 0.0705. The summed E-state index contributed by atoms with van der Waals surface area (Å²) in [6.45, 7) is 0. The van der Waals surface area contributed by atoms with Gasteiger partial charge in [0.15, 0.2) is 0 Å². The zero-order valence-corrected chi connectivity index (χ0v) is 10.1. The van der Waals surface area contributed by atoms with Gasteiger partial charge in [0.1, 0.15) is 0 Å². The van der Waals surface area contributed by atoms with Crippen molar-refractivity contribution in [1.29, 1.82) is 0 Å². The molecule has 0 fully saturated rings. The van der Waals surface area contributed by atoms with E-state index in [9.17, 15) is 9.90 Å². The number of carbonyl (C=O) groups excluding carboxylic acids is 1. The first-order chi connectivity index (χ1) is 8.27. The van der Waals surface area contributed by atoms with E-state index in [4.69, 9.17) is 4.74 Å². The largest absolute Gasteiger partial charge is 0.432 e. The maximum Gasteiger partial charge on any atom is 0.311 e. The van der Waals surface area contributed by atoms with Gasteiger partial charge in [0.05, 0.1) is 5.92 Å². The van der Waals surface area contributed by atoms with Gasteiger partial charge in [0.25, 0.3) is 0 Å². The zero-order valence-electron chi connectivity index (χ0n) is 10.1. The topological polar surface area (TPSA) is 46.5 Å². The molecule has 3 nitrogen and oxygen atoms in total. The van der Waals surface area contributed by atoms with Crippen molar-refractivity contribution in [2.75, 3.05) is 0 Å². The lowest BCUT2D eigenvalue weighted by Crippen LogP contribution is -2.26. The number of hydrogen-bond acceptors (Lipinski definition) is 3. The third-order valence-corrected chi connectivity index (χ3v) is 3.47. The molecule has 2 aliphatic carbocycles. The van der Waals surface area contributed by atoms with Crippen LogP contribution in [0.2, 0.25) is 0 Å². The van der Waals surface area contributed by atoms with Crippen LogP contribution in [0.5, 0.6) is 0 Å². The van der Waals surface area contributed by atoms with Gasteiger partial charge in [-0.15, -0.1) is 0 Å². The van der Waals surface area contributed by atoms with Crippen LogP contribution in [0.15, 0.2) is 23.8 Å². The molecule has 0 aromatic rings. The second-order valence-electron chi connectivity index (χ2n) is 4.80. The van der Waals surface area contributed by atoms with Crippen LogP contribution < -0.4 is 0 Å². The summed E-state index contributed by atoms with van der Waals surface area (Å²) in [7, 11) is 0. The minimum Gasteiger partial charge on any atom is -0.432 e. The van der Waals surface area contributed by atoms with E-state index >= 15 is 0 Å². The highest BCUT2D eigenvalue weighted by atomic mass is 16.6. The molecule has 0 amide bonds. The fourth-order valence-electron chi connectivity index (χ4n) is 2.38. The lowest BCUT2D eigenvalue weighted by molar-refractivity contribution is -0.167. The standard InChI is InChI=1S/C14H20O3/c15-13(11-7-3-1-4-8-11)17-14(16)12-9-5-2-6-10-12/h1,3,9,11,14,16H,2,4-8,10H2. The summed E-state index contributed by atoms with van der Waals surface area (Å²) in [5.74, 6) is -0.327. The zero-order chi connectivity index (χ0) is 12.1. The molecule has 2 unspecified atom stereocenters. The van der Waals surface area contributed by atoms with Gasteiger partial charge in [-0.3, -0.25) is 4.79 Å². The van der Waals surface area contributed by atoms with Crippen LogP contribution in [0.4, 0.5) is 0 Å². The predicted octanol–water partition coefficient (Wildman–Crippen LogP) is 2.70. The lowest BCUT2D eigenvalue weighted by Gasteiger charge is -2.22. The van der Waals surface area contributed by atoms with Gasteiger partial charge in [-0.05, 0) is 50.5 Å². The van der Waals surface area contributed by atoms with Gasteiger partial charge < -0.3 is 9.84 Å². The van der Waals surface area contributed by atoms with E-state index in [2.05, 4.69) is 6.08 Å². The summed E-state index contributed by atoms with van der Waals surface area (Å²) in [5, 5.41) is 9.85. The van der Waals surface area contributed by atoms with Crippen LogP contribution in [0.3, 0.4) is 0 Å². The number of aliphatic hydroxyl groups is 1. The van der Waals surface area contributed by atoms with E-state index in [1.807, 2.05) is 12.2 Å². The molecule has 0 saturated carbocycles. The van der Waals surface area contributed by atoms with Crippen molar-refractivity contribution in [3.8, 4) is 0 Å². The summed E-state index contributed by atoms with van der Waals surface area (Å²) in [6.07, 6.45) is 11.7. The molecule has 3 heteroatoms. The Kier molecular flexibility index (Phi) is 4.37. The molecule has 0 saturated heterocycles. The highest BCUT2D eigenvalue weighted by Crippen LogP contribution is 2.24. The Morgan fingerprint density at radius 1 is 1.35 bits per heavy atom. The van der Waals surface area contributed by atoms with Crippen molar-refractivity contribution < 1.29 is 14.6 Å². The summed E-state index contributed by atoms with van der Waals surface area (Å²) in [6, 6.07) is 0. The molecule has 0 heterocycles. The molecule has 0 radical (unpaired) electrons. The van der Waals surface area contributed by atoms with Crippen molar-refractivity contribution in [2.45, 2.75) is 51.2 Å². The number of esters is 1. The van der Waals surface area contributed by atoms with Crippen LogP contribution in [-0.4, -0.2) is 17.4 Å². The number of carbonyl (C=O) groups is 1. The Labute approximate surface area is 102 Å². The Bertz CT molecular complexity index is 330. The van der Waals surface area contributed by atoms with Gasteiger partial charge >= 0.3 is 5.97 Å². The molecule has 0 spiro atoms. The summed E-state index contributed by atoms with van der Waals surface area (Å²) < 4.78 is 5.14. The first kappa shape index (κ1) is 12.4. The van der Waals surface area contributed by atoms with Crippen molar-refractivity contribution in [1.82, 2.24) is 0 Å². The molecular weight excluding hydrogens is 216 g/mol. The average Bonchev–Trinajstić information content (AvgIpc) is 2.40. The average molecular weight is 236 g/mol. The van der Waals surface area contributed by atoms with E-state index in [0.29, 0.717) is 0 Å². The van der Waals surface area contributed by atoms with Gasteiger partial charge in [-0.25, -0.2) is 0 Å². The molecule has 1 N–H and O–H groups in total. The summed E-state index contributed by atoms with van der Waals surface area (Å²) >= 11 is 0. The van der Waals surface area contributed by atoms with Gasteiger partial charge in [0.2, 0.25) is 6.29 Å². The van der Waals surface area contributed by atoms with E-state index < -0.39 is 6.29 Å². The molecule has 2 aliphatic rings. The van der Waals surface area contributed by atoms with Gasteiger partial charge in [-0.2, -0.15) is 0 Å². The normalized spacial score (nSPS) is 26.2. The first-order valence-corrected chi connectivity index (χ1v) is 6.50. The Morgan fingerprint density at radius 3 is 2.88 bits per heavy atom. The highest BCUT2D eigenvalue weighted by Gasteiger charge is 2.24. The second kappa shape index (κ2) is 6.01. The van der Waals surface area contributed by atoms with Crippen molar-refractivity contribution in [2.24, 2.45) is 5.92 Å². The Hall–Kier alpha value is -1.09. The molecule has 0 bridgehead atoms. The molecule has 2 atom stereocenters. The fourth-order valence-corrected chi connectivity index (χ4v) is 2.38. The number of ether oxygens (including phenoxy) is 1. The predicted molar refractivity (Wildman–Crippen MR) is 65.1 cm³/mol. The lowest BCUT2D eigenvalue weighted by atomic mass is 9.94. The van der Waals surface area contributed by atoms with Crippen molar-refractivity contribution in [3.63, 3.8) is 0 Å². The number of hydrogen-bond donors (Lipinski definition) is 1. The molecule has 0 aliphatic heterocycles. The summed E-state index contributed by atoms with van der Waals surface area (Å²) in [4.78, 5) is 11.8. The van der Waals surface area contributed by atoms with Gasteiger partial charge in [-0.1, -0.05) is 18.2 Å². The van der Waals surface area contributed by atoms with Crippen LogP contribution >= 0.6 is 0 Å². The third kappa shape index (κ3) is 3.43. The van der Waals surface area contributed by atoms with Crippen molar-refractivity contribution in [3.05, 3.63) is 23.8 Å². The van der Waals surface area contributed by atoms with E-state index in [1.165, 1.54) is 0 Å². The molecule has 0 aromatic carbocycles. The number of aliphatic hydroxyl groups excluding tert-OH is 1. The SMILES string of the molecule is O=C(OC(O)C1=CCCCC1)C1CC=CCC1. The quantitative estimate of drug-likeness (QED) is 0.465. The van der Waals surface area contributed by atoms with Crippen LogP contribution in [0, 0.1) is 5.92 Å². The Balaban J connectivity index is 1.85. The fraction of sp³-hybridized carbons (Fsp3) is 0.643. The third-order valence-electron chi connectivity index (χ3n) is 3.47. The van der Waals surface area contributed by atoms with E-state index in [0.717, 1.165) is 50.5 Å². The number of rotatable bonds is 3. The van der Waals surface area contributed by atoms with Crippen molar-refractivity contribution >= 4 is 5.97 Å². The monoisotopic (exact) mass is 236 g/mol. The maximum atomic E-state index is 11.8. The summed E-state index contributed by atoms with van der Waals surface area (Å²) in [5.41, 5.74) is 0.871. The first-order valence-electron chi connectivity index (χ1n) is 6.50. The van der Waals surface area contributed by atoms with Crippen LogP contribution in [0.25, 0.3) is 0 Å². The molecular formula is C14H20O3. The second-order valence-corrected chi connectivity index (χ2v) is 4.80. The number of allylic oxidation sites excluding steroid dienone is 3. The van der Waals surface area contributed by atoms with E-state index in [-0.39, 0.29) is 11.9 Å². The highest BCUT2D eigenvalue weighted by molar-refractivity contribution is 5.73. The van der Waals surface area contributed by atoms with Gasteiger partial charge in [0, 0.05) is 0 Å². The molecule has 17 heavy (non-hydrogen) atoms. The Morgan fingerprint density at radius 2 is 2.24 bits per heavy atom. The minimum atomic E-state index is -1.02. The smallest absolute Gasteiger partial charge is 0.311 e. The van der Waals surface area contributed by atoms with Crippen LogP contribution in [-0.2, 0) is 9.53 Å². The molecule has 0 aromatic heterocycles. The molecule has 2 rings (SSSR count). The van der Waals surface area contributed by atoms with Crippen LogP contribution in [0.1, 0.15) is 44.9 Å². The molecule has 94 valence electrons. The maximum absolute atomic E-state index is 11.8. The van der Waals surface area contributed by atoms with E-state index in [1.54, 1.807) is 0 Å².